The molecule has 0 aromatic heterocycles. The molecule has 0 saturated carbocycles. The maximum absolute atomic E-state index is 11.7. The molecule has 0 atom stereocenters. The normalized spacial score (nSPS) is 13.2. The first-order chi connectivity index (χ1) is 13.9. The van der Waals surface area contributed by atoms with Gasteiger partial charge in [0.15, 0.2) is 18.0 Å². The Morgan fingerprint density at radius 2 is 1.97 bits per heavy atom. The van der Waals surface area contributed by atoms with Crippen LogP contribution in [-0.4, -0.2) is 54.4 Å². The van der Waals surface area contributed by atoms with Gasteiger partial charge in [0.1, 0.15) is 11.7 Å². The highest BCUT2D eigenvalue weighted by molar-refractivity contribution is 7.99. The molecule has 0 radical (unpaired) electrons. The average molecular weight is 436 g/mol. The molecule has 0 spiro atoms. The van der Waals surface area contributed by atoms with Crippen molar-refractivity contribution in [2.24, 2.45) is 15.0 Å². The molecule has 1 aromatic rings. The molecule has 8 heteroatoms. The Morgan fingerprint density at radius 3 is 2.45 bits per heavy atom. The Balaban J connectivity index is 3.12. The Kier molecular flexibility index (Phi) is 11.3. The molecule has 1 rings (SSSR count). The maximum Gasteiger partial charge on any atom is 0.185 e. The Bertz CT molecular complexity index is 772. The third-order valence-corrected chi connectivity index (χ3v) is 5.19. The first-order valence-corrected chi connectivity index (χ1v) is 10.9. The minimum atomic E-state index is 0.0810. The van der Waals surface area contributed by atoms with Crippen molar-refractivity contribution in [3.8, 4) is 0 Å². The second-order valence-electron chi connectivity index (χ2n) is 6.45. The Morgan fingerprint density at radius 1 is 1.31 bits per heavy atom. The second kappa shape index (κ2) is 13.2. The summed E-state index contributed by atoms with van der Waals surface area (Å²) in [7, 11) is 1.90. The molecule has 0 amide bonds. The van der Waals surface area contributed by atoms with E-state index < -0.39 is 0 Å². The number of halogens is 1. The summed E-state index contributed by atoms with van der Waals surface area (Å²) in [5.41, 5.74) is 2.17. The van der Waals surface area contributed by atoms with Gasteiger partial charge in [-0.05, 0) is 50.9 Å². The lowest BCUT2D eigenvalue weighted by molar-refractivity contribution is -0.102. The number of amidine groups is 2. The summed E-state index contributed by atoms with van der Waals surface area (Å²) in [5.74, 6) is 1.81. The topological polar surface area (TPSA) is 69.4 Å². The van der Waals surface area contributed by atoms with Crippen LogP contribution < -0.4 is 5.32 Å². The van der Waals surface area contributed by atoms with E-state index in [1.165, 1.54) is 4.90 Å². The summed E-state index contributed by atoms with van der Waals surface area (Å²) in [6.07, 6.45) is 0.686. The molecule has 0 aliphatic rings. The van der Waals surface area contributed by atoms with Gasteiger partial charge in [0, 0.05) is 18.0 Å². The third-order valence-electron chi connectivity index (χ3n) is 4.17. The van der Waals surface area contributed by atoms with Crippen molar-refractivity contribution in [2.75, 3.05) is 18.8 Å². The van der Waals surface area contributed by atoms with E-state index in [-0.39, 0.29) is 17.9 Å². The monoisotopic (exact) mass is 435 g/mol. The van der Waals surface area contributed by atoms with Gasteiger partial charge in [0.2, 0.25) is 0 Å². The number of nitrogens with one attached hydrogen (secondary N) is 1. The molecule has 158 valence electrons. The molecular formula is C21H30ClN5OS. The van der Waals surface area contributed by atoms with Crippen molar-refractivity contribution in [1.29, 1.82) is 0 Å². The summed E-state index contributed by atoms with van der Waals surface area (Å²) in [6, 6.07) is 8.41. The molecule has 0 heterocycles. The van der Waals surface area contributed by atoms with Gasteiger partial charge >= 0.3 is 0 Å². The molecule has 1 N–H and O–H groups in total. The van der Waals surface area contributed by atoms with E-state index >= 15 is 0 Å². The number of aldehydes is 1. The highest BCUT2D eigenvalue weighted by Crippen LogP contribution is 2.18. The summed E-state index contributed by atoms with van der Waals surface area (Å²) >= 11 is 7.66. The van der Waals surface area contributed by atoms with Gasteiger partial charge in [-0.3, -0.25) is 19.8 Å². The fourth-order valence-corrected chi connectivity index (χ4v) is 3.10. The van der Waals surface area contributed by atoms with Crippen molar-refractivity contribution in [3.63, 3.8) is 0 Å². The Hall–Kier alpha value is -2.12. The highest BCUT2D eigenvalue weighted by atomic mass is 35.5. The van der Waals surface area contributed by atoms with Gasteiger partial charge in [-0.25, -0.2) is 0 Å². The van der Waals surface area contributed by atoms with Crippen LogP contribution in [0.4, 0.5) is 0 Å². The van der Waals surface area contributed by atoms with Crippen LogP contribution >= 0.6 is 23.4 Å². The van der Waals surface area contributed by atoms with Crippen LogP contribution in [0.5, 0.6) is 0 Å². The van der Waals surface area contributed by atoms with Gasteiger partial charge < -0.3 is 10.2 Å². The summed E-state index contributed by atoms with van der Waals surface area (Å²) < 4.78 is 0. The molecule has 6 nitrogen and oxygen atoms in total. The van der Waals surface area contributed by atoms with E-state index in [2.05, 4.69) is 46.1 Å². The SMILES string of the molecule is C=N/C(C)=C(/NC(C=O)=NCc1ccc(SCC)cc1)C(=NCCl)N(C)C(C)C. The lowest BCUT2D eigenvalue weighted by atomic mass is 10.2. The predicted octanol–water partition coefficient (Wildman–Crippen LogP) is 4.35. The molecule has 0 bridgehead atoms. The lowest BCUT2D eigenvalue weighted by Gasteiger charge is -2.27. The zero-order valence-electron chi connectivity index (χ0n) is 17.8. The molecular weight excluding hydrogens is 406 g/mol. The summed E-state index contributed by atoms with van der Waals surface area (Å²) in [6.45, 7) is 12.0. The van der Waals surface area contributed by atoms with Crippen LogP contribution in [0.2, 0.25) is 0 Å². The van der Waals surface area contributed by atoms with Gasteiger partial charge in [0.05, 0.1) is 12.2 Å². The molecule has 1 aromatic carbocycles. The number of likely N-dealkylation sites (N-methyl/N-ethyl adjacent to an activating group) is 1. The van der Waals surface area contributed by atoms with E-state index in [4.69, 9.17) is 11.6 Å². The van der Waals surface area contributed by atoms with Crippen molar-refractivity contribution in [1.82, 2.24) is 10.2 Å². The third kappa shape index (κ3) is 8.03. The van der Waals surface area contributed by atoms with Crippen LogP contribution in [-0.2, 0) is 11.3 Å². The molecule has 0 aliphatic carbocycles. The molecule has 0 aliphatic heterocycles. The average Bonchev–Trinajstić information content (AvgIpc) is 2.72. The van der Waals surface area contributed by atoms with E-state index in [1.807, 2.05) is 37.9 Å². The van der Waals surface area contributed by atoms with Crippen molar-refractivity contribution in [2.45, 2.75) is 45.2 Å². The van der Waals surface area contributed by atoms with Gasteiger partial charge in [-0.15, -0.1) is 23.4 Å². The fraction of sp³-hybridized carbons (Fsp3) is 0.429. The first-order valence-electron chi connectivity index (χ1n) is 9.37. The number of allylic oxidation sites excluding steroid dienone is 1. The zero-order valence-corrected chi connectivity index (χ0v) is 19.3. The zero-order chi connectivity index (χ0) is 21.8. The van der Waals surface area contributed by atoms with Crippen LogP contribution in [0, 0.1) is 0 Å². The van der Waals surface area contributed by atoms with E-state index in [0.29, 0.717) is 30.1 Å². The second-order valence-corrected chi connectivity index (χ2v) is 8.02. The van der Waals surface area contributed by atoms with E-state index in [9.17, 15) is 4.79 Å². The number of carbonyl (C=O) groups excluding carboxylic acids is 1. The van der Waals surface area contributed by atoms with Crippen LogP contribution in [0.3, 0.4) is 0 Å². The standard InChI is InChI=1S/C21H30ClN5OS/c1-7-29-18-10-8-17(9-11-18)12-24-19(13-28)26-20(16(4)23-5)21(25-14-22)27(6)15(2)3/h8-11,13,15H,5,7,12,14H2,1-4,6H3,(H,24,26)/b20-16+,25-21?. The highest BCUT2D eigenvalue weighted by Gasteiger charge is 2.19. The molecule has 0 saturated heterocycles. The number of hydrogen-bond acceptors (Lipinski definition) is 5. The number of rotatable bonds is 10. The summed E-state index contributed by atoms with van der Waals surface area (Å²) in [4.78, 5) is 27.6. The molecule has 29 heavy (non-hydrogen) atoms. The van der Waals surface area contributed by atoms with E-state index in [1.54, 1.807) is 18.7 Å². The number of thioether (sulfide) groups is 1. The predicted molar refractivity (Wildman–Crippen MR) is 126 cm³/mol. The van der Waals surface area contributed by atoms with Gasteiger partial charge in [-0.1, -0.05) is 19.1 Å². The van der Waals surface area contributed by atoms with Crippen molar-refractivity contribution >= 4 is 48.0 Å². The number of aliphatic imine (C=N–C) groups is 3. The largest absolute Gasteiger partial charge is 0.356 e. The number of alkyl halides is 1. The van der Waals surface area contributed by atoms with Crippen LogP contribution in [0.25, 0.3) is 0 Å². The van der Waals surface area contributed by atoms with Crippen molar-refractivity contribution in [3.05, 3.63) is 41.2 Å². The number of hydrogen-bond donors (Lipinski definition) is 1. The van der Waals surface area contributed by atoms with Gasteiger partial charge in [0.25, 0.3) is 0 Å². The number of nitrogens with zero attached hydrogens (tertiary/aromatic N) is 4. The number of carbonyl (C=O) groups is 1. The van der Waals surface area contributed by atoms with Crippen molar-refractivity contribution < 1.29 is 4.79 Å². The quantitative estimate of drug-likeness (QED) is 0.148. The Labute approximate surface area is 183 Å². The van der Waals surface area contributed by atoms with Crippen LogP contribution in [0.15, 0.2) is 55.5 Å². The minimum absolute atomic E-state index is 0.0810. The molecule has 0 unspecified atom stereocenters. The fourth-order valence-electron chi connectivity index (χ4n) is 2.32. The number of benzene rings is 1. The minimum Gasteiger partial charge on any atom is -0.356 e. The maximum atomic E-state index is 11.7. The van der Waals surface area contributed by atoms with Crippen LogP contribution in [0.1, 0.15) is 33.3 Å². The van der Waals surface area contributed by atoms with Gasteiger partial charge in [-0.2, -0.15) is 0 Å². The summed E-state index contributed by atoms with van der Waals surface area (Å²) in [5, 5.41) is 3.07. The smallest absolute Gasteiger partial charge is 0.185 e. The van der Waals surface area contributed by atoms with E-state index in [0.717, 1.165) is 11.3 Å². The lowest BCUT2D eigenvalue weighted by Crippen LogP contribution is -2.41. The molecule has 0 fully saturated rings. The first kappa shape index (κ1) is 24.9.